The molecule has 2 aliphatic rings. The van der Waals surface area contributed by atoms with Crippen LogP contribution < -0.4 is 122 Å². The molecule has 0 aromatic carbocycles. The van der Waals surface area contributed by atoms with Crippen molar-refractivity contribution in [3.63, 3.8) is 0 Å². The summed E-state index contributed by atoms with van der Waals surface area (Å²) in [6.45, 7) is 3.80. The van der Waals surface area contributed by atoms with Gasteiger partial charge in [0.2, 0.25) is 0 Å². The Labute approximate surface area is 243 Å². The summed E-state index contributed by atoms with van der Waals surface area (Å²) in [5.41, 5.74) is 2.84. The SMILES string of the molecule is CC1CCN(C(=O)Nc2nc3c(s2)-c2n[c-]n[c-]c2CC3)C1.[Rb+].[Rb+]. The molecule has 0 radical (unpaired) electrons. The van der Waals surface area contributed by atoms with Crippen LogP contribution in [0.5, 0.6) is 0 Å². The molecule has 2 amide bonds. The number of hydrogen-bond acceptors (Lipinski definition) is 5. The number of anilines is 1. The van der Waals surface area contributed by atoms with Gasteiger partial charge in [-0.05, 0) is 23.6 Å². The number of likely N-dealkylation sites (tertiary alicyclic amines) is 1. The third-order valence-electron chi connectivity index (χ3n) is 4.14. The van der Waals surface area contributed by atoms with E-state index in [0.717, 1.165) is 54.2 Å². The normalized spacial score (nSPS) is 18.0. The number of aromatic nitrogens is 3. The topological polar surface area (TPSA) is 71.0 Å². The Morgan fingerprint density at radius 1 is 1.38 bits per heavy atom. The average molecular weight is 484 g/mol. The minimum atomic E-state index is -0.0588. The molecule has 24 heavy (non-hydrogen) atoms. The van der Waals surface area contributed by atoms with Crippen molar-refractivity contribution in [1.82, 2.24) is 19.9 Å². The fourth-order valence-corrected chi connectivity index (χ4v) is 3.96. The summed E-state index contributed by atoms with van der Waals surface area (Å²) >= 11 is 1.47. The molecule has 1 aliphatic heterocycles. The van der Waals surface area contributed by atoms with Crippen LogP contribution in [0.25, 0.3) is 10.6 Å². The predicted octanol–water partition coefficient (Wildman–Crippen LogP) is -3.82. The van der Waals surface area contributed by atoms with Crippen molar-refractivity contribution in [2.75, 3.05) is 18.4 Å². The molecule has 4 rings (SSSR count). The third kappa shape index (κ3) is 4.70. The summed E-state index contributed by atoms with van der Waals surface area (Å²) in [6, 6.07) is -0.0588. The van der Waals surface area contributed by atoms with E-state index in [-0.39, 0.29) is 122 Å². The second-order valence-electron chi connectivity index (χ2n) is 5.83. The molecular weight excluding hydrogens is 469 g/mol. The number of nitrogens with one attached hydrogen (secondary N) is 1. The Morgan fingerprint density at radius 3 is 2.96 bits per heavy atom. The zero-order valence-electron chi connectivity index (χ0n) is 14.2. The first kappa shape index (κ1) is 21.9. The van der Waals surface area contributed by atoms with E-state index in [1.165, 1.54) is 11.3 Å². The van der Waals surface area contributed by atoms with Gasteiger partial charge in [0.05, 0.1) is 0 Å². The Kier molecular flexibility index (Phi) is 8.83. The van der Waals surface area contributed by atoms with Crippen molar-refractivity contribution in [3.8, 4) is 10.6 Å². The zero-order valence-corrected chi connectivity index (χ0v) is 24.9. The van der Waals surface area contributed by atoms with Gasteiger partial charge in [0.15, 0.2) is 5.13 Å². The van der Waals surface area contributed by atoms with Crippen LogP contribution in [0.2, 0.25) is 0 Å². The maximum Gasteiger partial charge on any atom is 1.00 e. The van der Waals surface area contributed by atoms with E-state index in [2.05, 4.69) is 39.7 Å². The van der Waals surface area contributed by atoms with E-state index in [1.807, 2.05) is 4.90 Å². The Balaban J connectivity index is 0.00000104. The molecule has 0 bridgehead atoms. The predicted molar refractivity (Wildman–Crippen MR) is 82.6 cm³/mol. The minimum Gasteiger partial charge on any atom is -0.524 e. The molecular formula is C15H15N5ORb2S. The van der Waals surface area contributed by atoms with Crippen LogP contribution in [-0.4, -0.2) is 39.0 Å². The second-order valence-corrected chi connectivity index (χ2v) is 6.83. The van der Waals surface area contributed by atoms with Gasteiger partial charge in [-0.15, -0.1) is 17.0 Å². The summed E-state index contributed by atoms with van der Waals surface area (Å²) < 4.78 is 0. The molecule has 1 aliphatic carbocycles. The number of carbonyl (C=O) groups is 1. The standard InChI is InChI=1S/C15H15N5OS.2Rb/c1-9-4-5-20(7-9)15(21)19-14-18-11-3-2-10-6-16-8-17-12(10)13(11)22-14;;/h9H,2-5,7H2,1H3,(H,18,19,21);;/q-2;2*+1. The van der Waals surface area contributed by atoms with Gasteiger partial charge in [0.1, 0.15) is 0 Å². The van der Waals surface area contributed by atoms with Crippen molar-refractivity contribution in [1.29, 1.82) is 0 Å². The number of carbonyl (C=O) groups excluding carboxylic acids is 1. The zero-order chi connectivity index (χ0) is 15.1. The van der Waals surface area contributed by atoms with Gasteiger partial charge >= 0.3 is 122 Å². The molecule has 1 atom stereocenters. The van der Waals surface area contributed by atoms with E-state index < -0.39 is 0 Å². The number of thiazole rings is 1. The van der Waals surface area contributed by atoms with Crippen molar-refractivity contribution >= 4 is 22.5 Å². The molecule has 1 fully saturated rings. The van der Waals surface area contributed by atoms with Crippen molar-refractivity contribution in [3.05, 3.63) is 23.8 Å². The fraction of sp³-hybridized carbons (Fsp3) is 0.467. The van der Waals surface area contributed by atoms with Crippen LogP contribution in [0, 0.1) is 18.4 Å². The largest absolute Gasteiger partial charge is 1.00 e. The van der Waals surface area contributed by atoms with E-state index in [9.17, 15) is 4.79 Å². The number of rotatable bonds is 1. The van der Waals surface area contributed by atoms with Crippen molar-refractivity contribution in [2.45, 2.75) is 26.2 Å². The Hall–Kier alpha value is 1.59. The van der Waals surface area contributed by atoms with Crippen LogP contribution in [0.15, 0.2) is 0 Å². The fourth-order valence-electron chi connectivity index (χ4n) is 2.94. The number of fused-ring (bicyclic) bond motifs is 3. The molecule has 1 N–H and O–H groups in total. The summed E-state index contributed by atoms with van der Waals surface area (Å²) in [7, 11) is 0. The molecule has 3 heterocycles. The maximum atomic E-state index is 12.3. The van der Waals surface area contributed by atoms with Gasteiger partial charge in [-0.1, -0.05) is 13.3 Å². The molecule has 0 spiro atoms. The number of amides is 2. The van der Waals surface area contributed by atoms with Crippen LogP contribution in [0.4, 0.5) is 9.93 Å². The first-order valence-corrected chi connectivity index (χ1v) is 8.23. The summed E-state index contributed by atoms with van der Waals surface area (Å²) in [5.74, 6) is 0.574. The first-order chi connectivity index (χ1) is 10.7. The second kappa shape index (κ2) is 9.68. The number of aryl methyl sites for hydroxylation is 2. The molecule has 2 aromatic rings. The van der Waals surface area contributed by atoms with Gasteiger partial charge < -0.3 is 14.9 Å². The van der Waals surface area contributed by atoms with Crippen LogP contribution in [-0.2, 0) is 12.8 Å². The van der Waals surface area contributed by atoms with Gasteiger partial charge in [-0.25, -0.2) is 15.3 Å². The quantitative estimate of drug-likeness (QED) is 0.422. The van der Waals surface area contributed by atoms with E-state index in [0.29, 0.717) is 11.0 Å². The van der Waals surface area contributed by atoms with E-state index in [4.69, 9.17) is 0 Å². The Morgan fingerprint density at radius 2 is 2.21 bits per heavy atom. The molecule has 1 unspecified atom stereocenters. The number of nitrogens with zero attached hydrogens (tertiary/aromatic N) is 4. The Bertz CT molecular complexity index is 738. The molecule has 1 saturated heterocycles. The molecule has 114 valence electrons. The van der Waals surface area contributed by atoms with Crippen LogP contribution >= 0.6 is 11.3 Å². The van der Waals surface area contributed by atoms with Crippen molar-refractivity contribution < 1.29 is 121 Å². The number of urea groups is 1. The summed E-state index contributed by atoms with van der Waals surface area (Å²) in [5, 5.41) is 3.56. The molecule has 0 saturated carbocycles. The monoisotopic (exact) mass is 483 g/mol. The molecule has 9 heteroatoms. The van der Waals surface area contributed by atoms with E-state index in [1.54, 1.807) is 0 Å². The smallest absolute Gasteiger partial charge is 0.524 e. The van der Waals surface area contributed by atoms with Gasteiger partial charge in [0.25, 0.3) is 0 Å². The minimum absolute atomic E-state index is 0. The van der Waals surface area contributed by atoms with Crippen molar-refractivity contribution in [2.24, 2.45) is 5.92 Å². The van der Waals surface area contributed by atoms with Gasteiger partial charge in [-0.2, -0.15) is 6.33 Å². The maximum absolute atomic E-state index is 12.3. The third-order valence-corrected chi connectivity index (χ3v) is 5.16. The van der Waals surface area contributed by atoms with E-state index >= 15 is 0 Å². The van der Waals surface area contributed by atoms with Gasteiger partial charge in [-0.3, -0.25) is 11.5 Å². The number of hydrogen-bond donors (Lipinski definition) is 1. The first-order valence-electron chi connectivity index (χ1n) is 7.41. The van der Waals surface area contributed by atoms with Crippen LogP contribution in [0.1, 0.15) is 24.6 Å². The van der Waals surface area contributed by atoms with Gasteiger partial charge in [0, 0.05) is 18.8 Å². The summed E-state index contributed by atoms with van der Waals surface area (Å²) in [6.07, 6.45) is 8.26. The average Bonchev–Trinajstić information content (AvgIpc) is 3.13. The molecule has 2 aromatic heterocycles. The molecule has 6 nitrogen and oxygen atoms in total. The van der Waals surface area contributed by atoms with Crippen LogP contribution in [0.3, 0.4) is 0 Å². The summed E-state index contributed by atoms with van der Waals surface area (Å²) in [4.78, 5) is 27.7.